The molecular weight excluding hydrogens is 456 g/mol. The largest absolute Gasteiger partial charge is 0.339 e. The summed E-state index contributed by atoms with van der Waals surface area (Å²) in [4.78, 5) is 14.8. The number of nitrogens with one attached hydrogen (secondary N) is 1. The van der Waals surface area contributed by atoms with Gasteiger partial charge in [-0.2, -0.15) is 0 Å². The monoisotopic (exact) mass is 482 g/mol. The number of halogens is 1. The minimum atomic E-state index is -3.95. The van der Waals surface area contributed by atoms with E-state index in [0.29, 0.717) is 30.3 Å². The number of amides is 1. The first-order valence-electron chi connectivity index (χ1n) is 11.0. The number of carbonyl (C=O) groups is 1. The number of piperidine rings is 1. The third-order valence-corrected chi connectivity index (χ3v) is 7.97. The number of aryl methyl sites for hydroxylation is 1. The van der Waals surface area contributed by atoms with Crippen molar-refractivity contribution < 1.29 is 13.2 Å². The Bertz CT molecular complexity index is 1240. The standard InChI is InChI=1S/C26H27ClN2O3S/c1-19-7-5-6-10-24(19)28-33(31,32)25-18-22(11-12-23(25)27)26(30)29-15-13-21(14-16-29)17-20-8-3-2-4-9-20/h2-12,18,21,28H,13-17H2,1H3. The molecule has 3 aromatic carbocycles. The van der Waals surface area contributed by atoms with E-state index >= 15 is 0 Å². The molecule has 5 nitrogen and oxygen atoms in total. The van der Waals surface area contributed by atoms with Gasteiger partial charge in [-0.05, 0) is 67.5 Å². The van der Waals surface area contributed by atoms with Crippen LogP contribution in [0.3, 0.4) is 0 Å². The van der Waals surface area contributed by atoms with E-state index in [0.717, 1.165) is 24.8 Å². The van der Waals surface area contributed by atoms with Crippen LogP contribution in [0.25, 0.3) is 0 Å². The summed E-state index contributed by atoms with van der Waals surface area (Å²) in [6.07, 6.45) is 2.86. The highest BCUT2D eigenvalue weighted by atomic mass is 35.5. The lowest BCUT2D eigenvalue weighted by molar-refractivity contribution is 0.0690. The lowest BCUT2D eigenvalue weighted by Crippen LogP contribution is -2.39. The molecule has 0 aliphatic carbocycles. The molecule has 7 heteroatoms. The number of benzene rings is 3. The normalized spacial score (nSPS) is 14.8. The van der Waals surface area contributed by atoms with E-state index < -0.39 is 10.0 Å². The van der Waals surface area contributed by atoms with Crippen molar-refractivity contribution in [3.05, 3.63) is 94.5 Å². The summed E-state index contributed by atoms with van der Waals surface area (Å²) >= 11 is 6.23. The summed E-state index contributed by atoms with van der Waals surface area (Å²) in [5.41, 5.74) is 2.91. The first-order valence-corrected chi connectivity index (χ1v) is 12.9. The number of para-hydroxylation sites is 1. The number of nitrogens with zero attached hydrogens (tertiary/aromatic N) is 1. The van der Waals surface area contributed by atoms with Crippen molar-refractivity contribution in [3.8, 4) is 0 Å². The van der Waals surface area contributed by atoms with Crippen LogP contribution in [0.4, 0.5) is 5.69 Å². The Kier molecular flexibility index (Phi) is 7.05. The number of hydrogen-bond donors (Lipinski definition) is 1. The van der Waals surface area contributed by atoms with Crippen molar-refractivity contribution in [2.24, 2.45) is 5.92 Å². The van der Waals surface area contributed by atoms with Gasteiger partial charge in [-0.3, -0.25) is 9.52 Å². The number of carbonyl (C=O) groups excluding carboxylic acids is 1. The number of rotatable bonds is 6. The van der Waals surface area contributed by atoms with Gasteiger partial charge >= 0.3 is 0 Å². The highest BCUT2D eigenvalue weighted by Crippen LogP contribution is 2.28. The maximum atomic E-state index is 13.1. The van der Waals surface area contributed by atoms with Gasteiger partial charge in [0.2, 0.25) is 0 Å². The number of likely N-dealkylation sites (tertiary alicyclic amines) is 1. The van der Waals surface area contributed by atoms with E-state index in [1.165, 1.54) is 17.7 Å². The van der Waals surface area contributed by atoms with E-state index in [4.69, 9.17) is 11.6 Å². The summed E-state index contributed by atoms with van der Waals surface area (Å²) in [5, 5.41) is 0.0780. The molecule has 1 amide bonds. The first-order chi connectivity index (χ1) is 15.8. The molecule has 1 fully saturated rings. The fourth-order valence-corrected chi connectivity index (χ4v) is 5.86. The predicted molar refractivity (Wildman–Crippen MR) is 132 cm³/mol. The van der Waals surface area contributed by atoms with Gasteiger partial charge in [0.05, 0.1) is 10.7 Å². The highest BCUT2D eigenvalue weighted by Gasteiger charge is 2.26. The van der Waals surface area contributed by atoms with E-state index in [9.17, 15) is 13.2 Å². The number of anilines is 1. The fourth-order valence-electron chi connectivity index (χ4n) is 4.20. The zero-order valence-corrected chi connectivity index (χ0v) is 20.1. The Morgan fingerprint density at radius 2 is 1.67 bits per heavy atom. The zero-order chi connectivity index (χ0) is 23.4. The van der Waals surface area contributed by atoms with E-state index in [2.05, 4.69) is 16.9 Å². The molecule has 0 unspecified atom stereocenters. The second kappa shape index (κ2) is 9.98. The van der Waals surface area contributed by atoms with Crippen LogP contribution < -0.4 is 4.72 Å². The zero-order valence-electron chi connectivity index (χ0n) is 18.5. The minimum absolute atomic E-state index is 0.0780. The summed E-state index contributed by atoms with van der Waals surface area (Å²) in [7, 11) is -3.95. The smallest absolute Gasteiger partial charge is 0.263 e. The van der Waals surface area contributed by atoms with E-state index in [1.54, 1.807) is 23.1 Å². The fraction of sp³-hybridized carbons (Fsp3) is 0.269. The number of sulfonamides is 1. The molecule has 0 atom stereocenters. The average molecular weight is 483 g/mol. The molecule has 3 aromatic rings. The van der Waals surface area contributed by atoms with Crippen LogP contribution >= 0.6 is 11.6 Å². The second-order valence-corrected chi connectivity index (χ2v) is 10.5. The first kappa shape index (κ1) is 23.3. The van der Waals surface area contributed by atoms with Crippen molar-refractivity contribution >= 4 is 33.2 Å². The highest BCUT2D eigenvalue weighted by molar-refractivity contribution is 7.92. The molecule has 4 rings (SSSR count). The average Bonchev–Trinajstić information content (AvgIpc) is 2.81. The molecule has 172 valence electrons. The Morgan fingerprint density at radius 3 is 2.36 bits per heavy atom. The van der Waals surface area contributed by atoms with Gasteiger partial charge in [0, 0.05) is 18.7 Å². The van der Waals surface area contributed by atoms with Gasteiger partial charge < -0.3 is 4.90 Å². The number of hydrogen-bond acceptors (Lipinski definition) is 3. The van der Waals surface area contributed by atoms with Crippen LogP contribution in [0, 0.1) is 12.8 Å². The maximum absolute atomic E-state index is 13.1. The van der Waals surface area contributed by atoms with E-state index in [-0.39, 0.29) is 15.8 Å². The van der Waals surface area contributed by atoms with Crippen LogP contribution in [0.1, 0.15) is 34.3 Å². The van der Waals surface area contributed by atoms with Crippen LogP contribution in [-0.2, 0) is 16.4 Å². The van der Waals surface area contributed by atoms with Crippen molar-refractivity contribution in [2.45, 2.75) is 31.1 Å². The Hall–Kier alpha value is -2.83. The summed E-state index contributed by atoms with van der Waals surface area (Å²) in [5.74, 6) is 0.369. The van der Waals surface area contributed by atoms with Gasteiger partial charge in [-0.25, -0.2) is 8.42 Å². The molecular formula is C26H27ClN2O3S. The van der Waals surface area contributed by atoms with Crippen LogP contribution in [0.15, 0.2) is 77.7 Å². The lowest BCUT2D eigenvalue weighted by Gasteiger charge is -2.32. The van der Waals surface area contributed by atoms with Gasteiger partial charge in [-0.1, -0.05) is 60.1 Å². The SMILES string of the molecule is Cc1ccccc1NS(=O)(=O)c1cc(C(=O)N2CCC(Cc3ccccc3)CC2)ccc1Cl. The molecule has 1 aliphatic rings. The molecule has 0 spiro atoms. The molecule has 1 heterocycles. The third-order valence-electron chi connectivity index (χ3n) is 6.13. The predicted octanol–water partition coefficient (Wildman–Crippen LogP) is 5.54. The molecule has 0 radical (unpaired) electrons. The summed E-state index contributed by atoms with van der Waals surface area (Å²) in [6.45, 7) is 3.13. The van der Waals surface area contributed by atoms with Gasteiger partial charge in [0.25, 0.3) is 15.9 Å². The second-order valence-electron chi connectivity index (χ2n) is 8.49. The van der Waals surface area contributed by atoms with Crippen LogP contribution in [0.5, 0.6) is 0 Å². The third kappa shape index (κ3) is 5.57. The van der Waals surface area contributed by atoms with Crippen molar-refractivity contribution in [2.75, 3.05) is 17.8 Å². The molecule has 0 aromatic heterocycles. The van der Waals surface area contributed by atoms with Crippen molar-refractivity contribution in [1.29, 1.82) is 0 Å². The van der Waals surface area contributed by atoms with Crippen LogP contribution in [0.2, 0.25) is 5.02 Å². The topological polar surface area (TPSA) is 66.5 Å². The van der Waals surface area contributed by atoms with Crippen molar-refractivity contribution in [1.82, 2.24) is 4.90 Å². The molecule has 0 bridgehead atoms. The van der Waals surface area contributed by atoms with Gasteiger partial charge in [0.15, 0.2) is 0 Å². The van der Waals surface area contributed by atoms with Crippen molar-refractivity contribution in [3.63, 3.8) is 0 Å². The Morgan fingerprint density at radius 1 is 1.00 bits per heavy atom. The summed E-state index contributed by atoms with van der Waals surface area (Å²) < 4.78 is 28.6. The summed E-state index contributed by atoms with van der Waals surface area (Å²) in [6, 6.07) is 21.9. The molecule has 1 aliphatic heterocycles. The van der Waals surface area contributed by atoms with E-state index in [1.807, 2.05) is 37.3 Å². The minimum Gasteiger partial charge on any atom is -0.339 e. The Labute approximate surface area is 200 Å². The quantitative estimate of drug-likeness (QED) is 0.501. The van der Waals surface area contributed by atoms with Gasteiger partial charge in [0.1, 0.15) is 4.90 Å². The Balaban J connectivity index is 1.46. The molecule has 33 heavy (non-hydrogen) atoms. The van der Waals surface area contributed by atoms with Crippen LogP contribution in [-0.4, -0.2) is 32.3 Å². The lowest BCUT2D eigenvalue weighted by atomic mass is 9.90. The molecule has 1 N–H and O–H groups in total. The maximum Gasteiger partial charge on any atom is 0.263 e. The molecule has 1 saturated heterocycles. The van der Waals surface area contributed by atoms with Gasteiger partial charge in [-0.15, -0.1) is 0 Å². The molecule has 0 saturated carbocycles.